The van der Waals surface area contributed by atoms with Gasteiger partial charge in [0.2, 0.25) is 5.78 Å². The Morgan fingerprint density at radius 3 is 2.18 bits per heavy atom. The third-order valence-corrected chi connectivity index (χ3v) is 5.65. The summed E-state index contributed by atoms with van der Waals surface area (Å²) in [6, 6.07) is 22.5. The molecule has 0 fully saturated rings. The van der Waals surface area contributed by atoms with Gasteiger partial charge in [-0.3, -0.25) is 9.20 Å². The minimum atomic E-state index is -0.368. The topological polar surface area (TPSA) is 56.5 Å². The third kappa shape index (κ3) is 4.33. The van der Waals surface area contributed by atoms with Crippen molar-refractivity contribution in [2.45, 2.75) is 6.92 Å². The highest BCUT2D eigenvalue weighted by atomic mass is 35.5. The predicted octanol–water partition coefficient (Wildman–Crippen LogP) is 6.96. The molecule has 7 heteroatoms. The number of esters is 1. The fourth-order valence-electron chi connectivity index (χ4n) is 3.68. The third-order valence-electron chi connectivity index (χ3n) is 5.14. The van der Waals surface area contributed by atoms with E-state index in [-0.39, 0.29) is 5.97 Å². The van der Waals surface area contributed by atoms with Gasteiger partial charge in [0.1, 0.15) is 5.75 Å². The number of benzene rings is 3. The van der Waals surface area contributed by atoms with Crippen LogP contribution >= 0.6 is 23.2 Å². The zero-order valence-corrected chi connectivity index (χ0v) is 19.0. The summed E-state index contributed by atoms with van der Waals surface area (Å²) in [5.41, 5.74) is 5.26. The van der Waals surface area contributed by atoms with E-state index in [1.807, 2.05) is 77.3 Å². The Morgan fingerprint density at radius 1 is 0.848 bits per heavy atom. The number of hydrogen-bond donors (Lipinski definition) is 0. The standard InChI is InChI=1S/C26H17Cl2N3O2/c1-16(32)33-23-4-2-3-19(13-23)20-14-29-26-30-24(17-5-9-21(27)10-6-17)25(31(26)15-20)18-7-11-22(28)12-8-18/h2-15H,1H3. The van der Waals surface area contributed by atoms with Gasteiger partial charge in [-0.2, -0.15) is 0 Å². The maximum Gasteiger partial charge on any atom is 0.308 e. The minimum absolute atomic E-state index is 0.368. The molecule has 0 N–H and O–H groups in total. The normalized spacial score (nSPS) is 11.0. The molecule has 0 aliphatic rings. The molecule has 3 aromatic carbocycles. The number of imidazole rings is 1. The fraction of sp³-hybridized carbons (Fsp3) is 0.0385. The molecular formula is C26H17Cl2N3O2. The zero-order valence-electron chi connectivity index (χ0n) is 17.5. The summed E-state index contributed by atoms with van der Waals surface area (Å²) in [6.45, 7) is 1.38. The summed E-state index contributed by atoms with van der Waals surface area (Å²) in [6.07, 6.45) is 3.73. The van der Waals surface area contributed by atoms with Gasteiger partial charge < -0.3 is 4.74 Å². The van der Waals surface area contributed by atoms with Crippen molar-refractivity contribution in [1.82, 2.24) is 14.4 Å². The molecule has 0 aliphatic carbocycles. The van der Waals surface area contributed by atoms with Gasteiger partial charge in [0, 0.05) is 46.1 Å². The number of rotatable bonds is 4. The summed E-state index contributed by atoms with van der Waals surface area (Å²) in [5, 5.41) is 1.31. The molecule has 162 valence electrons. The van der Waals surface area contributed by atoms with Gasteiger partial charge in [0.05, 0.1) is 11.4 Å². The lowest BCUT2D eigenvalue weighted by molar-refractivity contribution is -0.131. The molecule has 0 spiro atoms. The summed E-state index contributed by atoms with van der Waals surface area (Å²) in [5.74, 6) is 0.670. The molecule has 0 saturated carbocycles. The summed E-state index contributed by atoms with van der Waals surface area (Å²) in [4.78, 5) is 20.8. The van der Waals surface area contributed by atoms with Gasteiger partial charge >= 0.3 is 5.97 Å². The Bertz CT molecular complexity index is 1480. The largest absolute Gasteiger partial charge is 0.427 e. The van der Waals surface area contributed by atoms with Crippen LogP contribution in [0.4, 0.5) is 0 Å². The van der Waals surface area contributed by atoms with Crippen molar-refractivity contribution >= 4 is 34.9 Å². The summed E-state index contributed by atoms with van der Waals surface area (Å²) >= 11 is 12.2. The van der Waals surface area contributed by atoms with Crippen LogP contribution in [-0.4, -0.2) is 20.3 Å². The first-order valence-electron chi connectivity index (χ1n) is 10.2. The first-order valence-corrected chi connectivity index (χ1v) is 10.9. The minimum Gasteiger partial charge on any atom is -0.427 e. The van der Waals surface area contributed by atoms with Crippen LogP contribution in [0.3, 0.4) is 0 Å². The molecule has 0 amide bonds. The van der Waals surface area contributed by atoms with E-state index in [1.165, 1.54) is 6.92 Å². The van der Waals surface area contributed by atoms with E-state index in [9.17, 15) is 4.79 Å². The van der Waals surface area contributed by atoms with Gasteiger partial charge in [-0.1, -0.05) is 59.6 Å². The van der Waals surface area contributed by atoms with Crippen molar-refractivity contribution in [2.24, 2.45) is 0 Å². The smallest absolute Gasteiger partial charge is 0.308 e. The van der Waals surface area contributed by atoms with Crippen LogP contribution in [0.15, 0.2) is 85.2 Å². The van der Waals surface area contributed by atoms with Crippen LogP contribution in [0.25, 0.3) is 39.4 Å². The van der Waals surface area contributed by atoms with Crippen molar-refractivity contribution in [3.8, 4) is 39.4 Å². The highest BCUT2D eigenvalue weighted by molar-refractivity contribution is 6.31. The van der Waals surface area contributed by atoms with Crippen LogP contribution in [0.1, 0.15) is 6.92 Å². The lowest BCUT2D eigenvalue weighted by atomic mass is 10.0. The van der Waals surface area contributed by atoms with E-state index in [0.29, 0.717) is 21.6 Å². The molecular weight excluding hydrogens is 457 g/mol. The van der Waals surface area contributed by atoms with Crippen molar-refractivity contribution in [2.75, 3.05) is 0 Å². The van der Waals surface area contributed by atoms with Crippen molar-refractivity contribution in [3.05, 3.63) is 95.2 Å². The van der Waals surface area contributed by atoms with E-state index in [4.69, 9.17) is 32.9 Å². The van der Waals surface area contributed by atoms with Crippen molar-refractivity contribution < 1.29 is 9.53 Å². The molecule has 0 saturated heterocycles. The molecule has 5 nitrogen and oxygen atoms in total. The highest BCUT2D eigenvalue weighted by Gasteiger charge is 2.18. The first kappa shape index (κ1) is 21.2. The highest BCUT2D eigenvalue weighted by Crippen LogP contribution is 2.34. The Balaban J connectivity index is 1.71. The molecule has 5 rings (SSSR count). The number of fused-ring (bicyclic) bond motifs is 1. The lowest BCUT2D eigenvalue weighted by Gasteiger charge is -2.09. The number of hydrogen-bond acceptors (Lipinski definition) is 4. The molecule has 2 aromatic heterocycles. The number of halogens is 2. The Kier molecular flexibility index (Phi) is 5.58. The molecule has 0 radical (unpaired) electrons. The molecule has 2 heterocycles. The Hall–Kier alpha value is -3.67. The van der Waals surface area contributed by atoms with E-state index in [1.54, 1.807) is 12.3 Å². The maximum atomic E-state index is 11.4. The van der Waals surface area contributed by atoms with Crippen LogP contribution in [-0.2, 0) is 4.79 Å². The lowest BCUT2D eigenvalue weighted by Crippen LogP contribution is -2.01. The van der Waals surface area contributed by atoms with Crippen LogP contribution < -0.4 is 4.74 Å². The Morgan fingerprint density at radius 2 is 1.52 bits per heavy atom. The van der Waals surface area contributed by atoms with E-state index >= 15 is 0 Å². The number of carbonyl (C=O) groups excluding carboxylic acids is 1. The average Bonchev–Trinajstić information content (AvgIpc) is 3.18. The maximum absolute atomic E-state index is 11.4. The van der Waals surface area contributed by atoms with Gasteiger partial charge in [0.25, 0.3) is 0 Å². The second kappa shape index (κ2) is 8.70. The monoisotopic (exact) mass is 473 g/mol. The van der Waals surface area contributed by atoms with Gasteiger partial charge in [-0.05, 0) is 42.0 Å². The van der Waals surface area contributed by atoms with Crippen LogP contribution in [0, 0.1) is 0 Å². The summed E-state index contributed by atoms with van der Waals surface area (Å²) < 4.78 is 7.20. The van der Waals surface area contributed by atoms with E-state index in [0.717, 1.165) is 33.6 Å². The number of ether oxygens (including phenoxy) is 1. The molecule has 33 heavy (non-hydrogen) atoms. The van der Waals surface area contributed by atoms with Gasteiger partial charge in [-0.25, -0.2) is 9.97 Å². The molecule has 5 aromatic rings. The SMILES string of the molecule is CC(=O)Oc1cccc(-c2cnc3nc(-c4ccc(Cl)cc4)c(-c4ccc(Cl)cc4)n3c2)c1. The van der Waals surface area contributed by atoms with Crippen LogP contribution in [0.2, 0.25) is 10.0 Å². The van der Waals surface area contributed by atoms with E-state index < -0.39 is 0 Å². The number of aromatic nitrogens is 3. The predicted molar refractivity (Wildman–Crippen MR) is 131 cm³/mol. The van der Waals surface area contributed by atoms with Crippen molar-refractivity contribution in [3.63, 3.8) is 0 Å². The van der Waals surface area contributed by atoms with Gasteiger partial charge in [-0.15, -0.1) is 0 Å². The first-order chi connectivity index (χ1) is 16.0. The van der Waals surface area contributed by atoms with Gasteiger partial charge in [0.15, 0.2) is 0 Å². The Labute approximate surface area is 200 Å². The summed E-state index contributed by atoms with van der Waals surface area (Å²) in [7, 11) is 0. The van der Waals surface area contributed by atoms with Crippen molar-refractivity contribution in [1.29, 1.82) is 0 Å². The fourth-order valence-corrected chi connectivity index (χ4v) is 3.93. The second-order valence-corrected chi connectivity index (χ2v) is 8.33. The molecule has 0 aliphatic heterocycles. The number of nitrogens with zero attached hydrogens (tertiary/aromatic N) is 3. The zero-order chi connectivity index (χ0) is 22.9. The quantitative estimate of drug-likeness (QED) is 0.209. The number of carbonyl (C=O) groups is 1. The van der Waals surface area contributed by atoms with E-state index in [2.05, 4.69) is 4.98 Å². The molecule has 0 bridgehead atoms. The second-order valence-electron chi connectivity index (χ2n) is 7.46. The molecule has 0 unspecified atom stereocenters. The average molecular weight is 474 g/mol. The van der Waals surface area contributed by atoms with Crippen LogP contribution in [0.5, 0.6) is 5.75 Å². The molecule has 0 atom stereocenters.